The third kappa shape index (κ3) is 13.7. The topological polar surface area (TPSA) is 256 Å². The van der Waals surface area contributed by atoms with E-state index in [4.69, 9.17) is 29.7 Å². The predicted molar refractivity (Wildman–Crippen MR) is 185 cm³/mol. The summed E-state index contributed by atoms with van der Waals surface area (Å²) in [5.41, 5.74) is 1.69. The van der Waals surface area contributed by atoms with E-state index in [1.165, 1.54) is 12.4 Å². The summed E-state index contributed by atoms with van der Waals surface area (Å²) >= 11 is 0. The molecule has 1 amide bonds. The number of carboxylic acid groups (broad SMARTS) is 3. The molecule has 6 rings (SSSR count). The number of amides is 1. The molecule has 2 aliphatic heterocycles. The Morgan fingerprint density at radius 2 is 1.43 bits per heavy atom. The number of nitriles is 1. The highest BCUT2D eigenvalue weighted by molar-refractivity contribution is 5.92. The number of hydrogen-bond acceptors (Lipinski definition) is 12. The summed E-state index contributed by atoms with van der Waals surface area (Å²) in [5, 5.41) is 39.3. The number of aromatic amines is 1. The number of carbonyl (C=O) groups excluding carboxylic acids is 1. The summed E-state index contributed by atoms with van der Waals surface area (Å²) < 4.78 is 137. The molecular formula is C33H31F12N11O7. The summed E-state index contributed by atoms with van der Waals surface area (Å²) in [6, 6.07) is 5.71. The van der Waals surface area contributed by atoms with Crippen LogP contribution in [0.15, 0.2) is 37.1 Å². The number of aromatic nitrogens is 7. The van der Waals surface area contributed by atoms with Crippen LogP contribution in [0, 0.1) is 11.3 Å². The lowest BCUT2D eigenvalue weighted by Gasteiger charge is -2.53. The number of carbonyl (C=O) groups is 4. The SMILES string of the molecule is CNCc1cc(C(=O)N2CCC(N3CC(CC#N)(n4cc(-c5ncnc6[nH]ccc56)cn4)C3)CC2)nc(C(F)(F)F)n1.O=C(O)C(F)(F)F.O=C(O)C(F)(F)F.O=C(O)C(F)(F)F. The quantitative estimate of drug-likeness (QED) is 0.160. The number of nitrogens with one attached hydrogen (secondary N) is 2. The molecule has 4 aromatic rings. The Balaban J connectivity index is 0.000000416. The van der Waals surface area contributed by atoms with Crippen molar-refractivity contribution in [2.45, 2.75) is 62.1 Å². The van der Waals surface area contributed by atoms with Crippen LogP contribution in [0.3, 0.4) is 0 Å². The maximum Gasteiger partial charge on any atom is 0.490 e. The highest BCUT2D eigenvalue weighted by atomic mass is 19.4. The van der Waals surface area contributed by atoms with Gasteiger partial charge in [0.25, 0.3) is 5.91 Å². The van der Waals surface area contributed by atoms with Crippen molar-refractivity contribution < 1.29 is 87.2 Å². The van der Waals surface area contributed by atoms with Gasteiger partial charge >= 0.3 is 42.6 Å². The molecule has 2 saturated heterocycles. The lowest BCUT2D eigenvalue weighted by atomic mass is 9.83. The highest BCUT2D eigenvalue weighted by Gasteiger charge is 2.48. The zero-order chi connectivity index (χ0) is 47.7. The van der Waals surface area contributed by atoms with Crippen molar-refractivity contribution in [2.75, 3.05) is 33.2 Å². The van der Waals surface area contributed by atoms with Crippen LogP contribution < -0.4 is 5.32 Å². The number of carboxylic acids is 3. The molecule has 6 heterocycles. The summed E-state index contributed by atoms with van der Waals surface area (Å²) in [6.45, 7) is 2.12. The predicted octanol–water partition coefficient (Wildman–Crippen LogP) is 4.48. The number of hydrogen-bond donors (Lipinski definition) is 5. The number of piperidine rings is 1. The van der Waals surface area contributed by atoms with Gasteiger partial charge < -0.3 is 30.5 Å². The number of halogens is 12. The number of H-pyrrole nitrogens is 1. The molecule has 2 fully saturated rings. The summed E-state index contributed by atoms with van der Waals surface area (Å²) in [6.07, 6.45) is -11.4. The molecule has 344 valence electrons. The van der Waals surface area contributed by atoms with Crippen molar-refractivity contribution in [3.05, 3.63) is 54.3 Å². The third-order valence-corrected chi connectivity index (χ3v) is 8.70. The molecule has 0 atom stereocenters. The Morgan fingerprint density at radius 3 is 1.90 bits per heavy atom. The number of alkyl halides is 12. The van der Waals surface area contributed by atoms with Gasteiger partial charge in [-0.1, -0.05) is 0 Å². The Labute approximate surface area is 344 Å². The van der Waals surface area contributed by atoms with Crippen molar-refractivity contribution in [3.63, 3.8) is 0 Å². The van der Waals surface area contributed by atoms with Crippen molar-refractivity contribution in [3.8, 4) is 17.3 Å². The molecule has 0 spiro atoms. The molecule has 2 aliphatic rings. The molecule has 0 saturated carbocycles. The van der Waals surface area contributed by atoms with Gasteiger partial charge in [-0.15, -0.1) is 0 Å². The second-order valence-electron chi connectivity index (χ2n) is 13.1. The van der Waals surface area contributed by atoms with Crippen molar-refractivity contribution in [1.29, 1.82) is 5.26 Å². The minimum absolute atomic E-state index is 0.0840. The van der Waals surface area contributed by atoms with Gasteiger partial charge in [0.15, 0.2) is 0 Å². The van der Waals surface area contributed by atoms with E-state index in [1.54, 1.807) is 18.1 Å². The van der Waals surface area contributed by atoms with Crippen LogP contribution in [0.1, 0.15) is 41.3 Å². The first-order valence-electron chi connectivity index (χ1n) is 17.3. The fourth-order valence-electron chi connectivity index (χ4n) is 5.86. The van der Waals surface area contributed by atoms with Gasteiger partial charge in [0, 0.05) is 62.1 Å². The summed E-state index contributed by atoms with van der Waals surface area (Å²) in [7, 11) is 1.59. The lowest BCUT2D eigenvalue weighted by Crippen LogP contribution is -2.66. The summed E-state index contributed by atoms with van der Waals surface area (Å²) in [4.78, 5) is 62.5. The molecule has 18 nitrogen and oxygen atoms in total. The fraction of sp³-hybridized carbons (Fsp3) is 0.455. The van der Waals surface area contributed by atoms with E-state index >= 15 is 0 Å². The van der Waals surface area contributed by atoms with Gasteiger partial charge in [-0.05, 0) is 32.0 Å². The van der Waals surface area contributed by atoms with E-state index in [1.807, 2.05) is 23.1 Å². The van der Waals surface area contributed by atoms with Gasteiger partial charge in [-0.2, -0.15) is 63.0 Å². The fourth-order valence-corrected chi connectivity index (χ4v) is 5.86. The largest absolute Gasteiger partial charge is 0.490 e. The highest BCUT2D eigenvalue weighted by Crippen LogP contribution is 2.37. The number of likely N-dealkylation sites (tertiary alicyclic amines) is 2. The van der Waals surface area contributed by atoms with E-state index in [0.29, 0.717) is 39.0 Å². The van der Waals surface area contributed by atoms with E-state index in [-0.39, 0.29) is 30.4 Å². The molecule has 0 aromatic carbocycles. The molecule has 0 unspecified atom stereocenters. The van der Waals surface area contributed by atoms with Crippen LogP contribution in [-0.4, -0.2) is 141 Å². The number of rotatable bonds is 7. The Kier molecular flexibility index (Phi) is 16.1. The minimum Gasteiger partial charge on any atom is -0.475 e. The first-order chi connectivity index (χ1) is 29.0. The van der Waals surface area contributed by atoms with Gasteiger partial charge in [-0.3, -0.25) is 14.4 Å². The Bertz CT molecular complexity index is 2220. The van der Waals surface area contributed by atoms with Crippen LogP contribution in [0.2, 0.25) is 0 Å². The Morgan fingerprint density at radius 1 is 0.889 bits per heavy atom. The van der Waals surface area contributed by atoms with Crippen LogP contribution >= 0.6 is 0 Å². The third-order valence-electron chi connectivity index (χ3n) is 8.70. The normalized spacial score (nSPS) is 15.6. The average Bonchev–Trinajstić information content (AvgIpc) is 3.86. The minimum atomic E-state index is -5.08. The van der Waals surface area contributed by atoms with E-state index in [0.717, 1.165) is 22.3 Å². The number of fused-ring (bicyclic) bond motifs is 1. The maximum absolute atomic E-state index is 13.3. The van der Waals surface area contributed by atoms with Gasteiger partial charge in [0.1, 0.15) is 23.2 Å². The molecule has 5 N–H and O–H groups in total. The first kappa shape index (κ1) is 50.7. The first-order valence-corrected chi connectivity index (χ1v) is 17.3. The van der Waals surface area contributed by atoms with E-state index in [9.17, 15) is 62.7 Å². The van der Waals surface area contributed by atoms with Crippen LogP contribution in [-0.2, 0) is 32.6 Å². The lowest BCUT2D eigenvalue weighted by molar-refractivity contribution is -0.193. The molecule has 30 heteroatoms. The van der Waals surface area contributed by atoms with Crippen molar-refractivity contribution >= 4 is 34.8 Å². The molecule has 0 radical (unpaired) electrons. The zero-order valence-electron chi connectivity index (χ0n) is 31.7. The van der Waals surface area contributed by atoms with E-state index in [2.05, 4.69) is 46.3 Å². The van der Waals surface area contributed by atoms with Crippen LogP contribution in [0.5, 0.6) is 0 Å². The summed E-state index contributed by atoms with van der Waals surface area (Å²) in [5.74, 6) is -10.1. The van der Waals surface area contributed by atoms with Crippen LogP contribution in [0.4, 0.5) is 52.7 Å². The van der Waals surface area contributed by atoms with Gasteiger partial charge in [-0.25, -0.2) is 34.3 Å². The van der Waals surface area contributed by atoms with Crippen LogP contribution in [0.25, 0.3) is 22.3 Å². The smallest absolute Gasteiger partial charge is 0.475 e. The second kappa shape index (κ2) is 20.0. The molecular weight excluding hydrogens is 890 g/mol. The van der Waals surface area contributed by atoms with Gasteiger partial charge in [0.2, 0.25) is 5.82 Å². The monoisotopic (exact) mass is 921 g/mol. The van der Waals surface area contributed by atoms with E-state index < -0.39 is 59.9 Å². The maximum atomic E-state index is 13.3. The molecule has 0 bridgehead atoms. The number of nitrogens with zero attached hydrogens (tertiary/aromatic N) is 9. The van der Waals surface area contributed by atoms with Crippen molar-refractivity contribution in [1.82, 2.24) is 49.8 Å². The number of aliphatic carboxylic acids is 3. The second-order valence-corrected chi connectivity index (χ2v) is 13.1. The van der Waals surface area contributed by atoms with Crippen molar-refractivity contribution in [2.24, 2.45) is 0 Å². The molecule has 63 heavy (non-hydrogen) atoms. The Hall–Kier alpha value is -6.64. The zero-order valence-corrected chi connectivity index (χ0v) is 31.7. The molecule has 0 aliphatic carbocycles. The average molecular weight is 922 g/mol. The standard InChI is InChI=1S/C27H28F3N11O.3C2HF3O2/c1-32-12-18-10-21(38-25(37-18)27(28,29)30)24(42)39-8-3-19(4-9-39)40-14-26(15-40,5-6-31)41-13-17(11-36-41)22-20-2-7-33-23(20)35-16-34-22;3*3-2(4,5)1(6)7/h2,7,10-11,13,16,19,32H,3-5,8-9,12,14-15H2,1H3,(H,33,34,35);3*(H,6,7). The molecule has 4 aromatic heterocycles. The van der Waals surface area contributed by atoms with Gasteiger partial charge in [0.05, 0.1) is 30.1 Å².